The SMILES string of the molecule is O=C(COCc1ccccc1)N(CCN1CCOCC1)CC(=O)N(Cc1ccc(F)cc1)Cc1cccs1. The van der Waals surface area contributed by atoms with Gasteiger partial charge in [-0.2, -0.15) is 0 Å². The van der Waals surface area contributed by atoms with Gasteiger partial charge < -0.3 is 19.3 Å². The lowest BCUT2D eigenvalue weighted by atomic mass is 10.2. The maximum absolute atomic E-state index is 13.6. The molecule has 0 aliphatic carbocycles. The summed E-state index contributed by atoms with van der Waals surface area (Å²) in [5.74, 6) is -0.707. The average Bonchev–Trinajstić information content (AvgIpc) is 3.46. The largest absolute Gasteiger partial charge is 0.379 e. The first-order chi connectivity index (χ1) is 18.6. The summed E-state index contributed by atoms with van der Waals surface area (Å²) in [6.45, 7) is 4.93. The third-order valence-electron chi connectivity index (χ3n) is 6.37. The molecule has 202 valence electrons. The number of morpholine rings is 1. The maximum atomic E-state index is 13.6. The topological polar surface area (TPSA) is 62.3 Å². The Labute approximate surface area is 227 Å². The van der Waals surface area contributed by atoms with Gasteiger partial charge in [0.2, 0.25) is 11.8 Å². The van der Waals surface area contributed by atoms with Crippen molar-refractivity contribution in [3.05, 3.63) is 93.9 Å². The number of hydrogen-bond acceptors (Lipinski definition) is 6. The van der Waals surface area contributed by atoms with Gasteiger partial charge in [-0.05, 0) is 34.7 Å². The highest BCUT2D eigenvalue weighted by molar-refractivity contribution is 7.09. The molecular formula is C29H34FN3O4S. The Morgan fingerprint density at radius 1 is 0.895 bits per heavy atom. The standard InChI is InChI=1S/C29H34FN3O4S/c30-26-10-8-24(9-11-26)19-33(20-27-7-4-18-38-27)28(34)21-32(13-12-31-14-16-36-17-15-31)29(35)23-37-22-25-5-2-1-3-6-25/h1-11,18H,12-17,19-23H2. The number of nitrogens with zero attached hydrogens (tertiary/aromatic N) is 3. The van der Waals surface area contributed by atoms with E-state index in [1.54, 1.807) is 33.3 Å². The Kier molecular flexibility index (Phi) is 10.8. The minimum atomic E-state index is -0.319. The van der Waals surface area contributed by atoms with E-state index >= 15 is 0 Å². The van der Waals surface area contributed by atoms with Crippen molar-refractivity contribution < 1.29 is 23.5 Å². The van der Waals surface area contributed by atoms with Crippen LogP contribution in [0.2, 0.25) is 0 Å². The lowest BCUT2D eigenvalue weighted by Gasteiger charge is -2.31. The highest BCUT2D eigenvalue weighted by Crippen LogP contribution is 2.16. The van der Waals surface area contributed by atoms with Crippen LogP contribution in [0.15, 0.2) is 72.1 Å². The number of thiophene rings is 1. The summed E-state index contributed by atoms with van der Waals surface area (Å²) in [7, 11) is 0. The van der Waals surface area contributed by atoms with Gasteiger partial charge in [-0.3, -0.25) is 14.5 Å². The van der Waals surface area contributed by atoms with E-state index in [-0.39, 0.29) is 30.8 Å². The molecule has 1 fully saturated rings. The zero-order valence-electron chi connectivity index (χ0n) is 21.5. The molecule has 3 aromatic rings. The van der Waals surface area contributed by atoms with Crippen LogP contribution in [0.25, 0.3) is 0 Å². The Morgan fingerprint density at radius 3 is 2.37 bits per heavy atom. The monoisotopic (exact) mass is 539 g/mol. The summed E-state index contributed by atoms with van der Waals surface area (Å²) in [6.07, 6.45) is 0. The molecule has 0 bridgehead atoms. The number of carbonyl (C=O) groups is 2. The van der Waals surface area contributed by atoms with Crippen LogP contribution in [-0.4, -0.2) is 79.1 Å². The molecular weight excluding hydrogens is 505 g/mol. The Bertz CT molecular complexity index is 1120. The highest BCUT2D eigenvalue weighted by Gasteiger charge is 2.23. The van der Waals surface area contributed by atoms with Gasteiger partial charge in [0.25, 0.3) is 0 Å². The van der Waals surface area contributed by atoms with E-state index in [9.17, 15) is 14.0 Å². The summed E-state index contributed by atoms with van der Waals surface area (Å²) >= 11 is 1.57. The van der Waals surface area contributed by atoms with E-state index in [0.29, 0.717) is 46.0 Å². The molecule has 1 aromatic heterocycles. The van der Waals surface area contributed by atoms with Crippen LogP contribution >= 0.6 is 11.3 Å². The second kappa shape index (κ2) is 14.7. The van der Waals surface area contributed by atoms with E-state index in [4.69, 9.17) is 9.47 Å². The molecule has 9 heteroatoms. The number of hydrogen-bond donors (Lipinski definition) is 0. The van der Waals surface area contributed by atoms with Gasteiger partial charge in [0, 0.05) is 37.6 Å². The maximum Gasteiger partial charge on any atom is 0.249 e. The van der Waals surface area contributed by atoms with Crippen LogP contribution in [-0.2, 0) is 38.8 Å². The molecule has 2 heterocycles. The molecule has 0 atom stereocenters. The Hall–Kier alpha value is -3.11. The van der Waals surface area contributed by atoms with E-state index < -0.39 is 0 Å². The fraction of sp³-hybridized carbons (Fsp3) is 0.379. The van der Waals surface area contributed by atoms with Crippen molar-refractivity contribution in [2.45, 2.75) is 19.7 Å². The van der Waals surface area contributed by atoms with Crippen LogP contribution in [0.1, 0.15) is 16.0 Å². The second-order valence-corrected chi connectivity index (χ2v) is 10.2. The number of benzene rings is 2. The summed E-state index contributed by atoms with van der Waals surface area (Å²) in [5, 5.41) is 1.97. The van der Waals surface area contributed by atoms with Crippen LogP contribution < -0.4 is 0 Å². The molecule has 0 spiro atoms. The van der Waals surface area contributed by atoms with E-state index in [0.717, 1.165) is 29.1 Å². The van der Waals surface area contributed by atoms with Gasteiger partial charge >= 0.3 is 0 Å². The first-order valence-electron chi connectivity index (χ1n) is 12.8. The molecule has 0 N–H and O–H groups in total. The normalized spacial score (nSPS) is 13.8. The number of rotatable bonds is 13. The fourth-order valence-corrected chi connectivity index (χ4v) is 4.92. The lowest BCUT2D eigenvalue weighted by molar-refractivity contribution is -0.144. The molecule has 0 saturated carbocycles. The number of carbonyl (C=O) groups excluding carboxylic acids is 2. The third kappa shape index (κ3) is 9.02. The van der Waals surface area contributed by atoms with E-state index in [1.165, 1.54) is 12.1 Å². The molecule has 1 aliphatic rings. The van der Waals surface area contributed by atoms with Gasteiger partial charge in [0.1, 0.15) is 12.4 Å². The van der Waals surface area contributed by atoms with E-state index in [1.807, 2.05) is 47.8 Å². The van der Waals surface area contributed by atoms with Crippen molar-refractivity contribution in [2.24, 2.45) is 0 Å². The molecule has 1 saturated heterocycles. The third-order valence-corrected chi connectivity index (χ3v) is 7.23. The first kappa shape index (κ1) is 27.9. The minimum Gasteiger partial charge on any atom is -0.379 e. The molecule has 1 aliphatic heterocycles. The van der Waals surface area contributed by atoms with Gasteiger partial charge in [-0.1, -0.05) is 48.5 Å². The number of amides is 2. The van der Waals surface area contributed by atoms with Crippen molar-refractivity contribution in [3.63, 3.8) is 0 Å². The molecule has 7 nitrogen and oxygen atoms in total. The second-order valence-electron chi connectivity index (χ2n) is 9.20. The van der Waals surface area contributed by atoms with Gasteiger partial charge in [-0.25, -0.2) is 4.39 Å². The molecule has 0 unspecified atom stereocenters. The molecule has 2 amide bonds. The summed E-state index contributed by atoms with van der Waals surface area (Å²) < 4.78 is 24.6. The quantitative estimate of drug-likeness (QED) is 0.331. The predicted molar refractivity (Wildman–Crippen MR) is 145 cm³/mol. The lowest BCUT2D eigenvalue weighted by Crippen LogP contribution is -2.47. The number of halogens is 1. The zero-order valence-corrected chi connectivity index (χ0v) is 22.3. The van der Waals surface area contributed by atoms with E-state index in [2.05, 4.69) is 4.90 Å². The molecule has 2 aromatic carbocycles. The molecule has 38 heavy (non-hydrogen) atoms. The Balaban J connectivity index is 1.42. The van der Waals surface area contributed by atoms with Gasteiger partial charge in [0.05, 0.1) is 32.9 Å². The smallest absolute Gasteiger partial charge is 0.249 e. The van der Waals surface area contributed by atoms with Crippen LogP contribution in [0, 0.1) is 5.82 Å². The van der Waals surface area contributed by atoms with Crippen molar-refractivity contribution in [3.8, 4) is 0 Å². The highest BCUT2D eigenvalue weighted by atomic mass is 32.1. The Morgan fingerprint density at radius 2 is 1.66 bits per heavy atom. The van der Waals surface area contributed by atoms with Gasteiger partial charge in [-0.15, -0.1) is 11.3 Å². The van der Waals surface area contributed by atoms with Crippen molar-refractivity contribution in [1.29, 1.82) is 0 Å². The first-order valence-corrected chi connectivity index (χ1v) is 13.7. The average molecular weight is 540 g/mol. The summed E-state index contributed by atoms with van der Waals surface area (Å²) in [6, 6.07) is 19.8. The zero-order chi connectivity index (χ0) is 26.6. The predicted octanol–water partition coefficient (Wildman–Crippen LogP) is 3.79. The van der Waals surface area contributed by atoms with Crippen molar-refractivity contribution >= 4 is 23.2 Å². The van der Waals surface area contributed by atoms with Crippen molar-refractivity contribution in [2.75, 3.05) is 52.5 Å². The summed E-state index contributed by atoms with van der Waals surface area (Å²) in [4.78, 5) is 33.4. The van der Waals surface area contributed by atoms with Crippen LogP contribution in [0.4, 0.5) is 4.39 Å². The van der Waals surface area contributed by atoms with Crippen LogP contribution in [0.5, 0.6) is 0 Å². The van der Waals surface area contributed by atoms with Gasteiger partial charge in [0.15, 0.2) is 0 Å². The molecule has 0 radical (unpaired) electrons. The summed E-state index contributed by atoms with van der Waals surface area (Å²) in [5.41, 5.74) is 1.81. The molecule has 4 rings (SSSR count). The minimum absolute atomic E-state index is 0.0512. The van der Waals surface area contributed by atoms with Crippen LogP contribution in [0.3, 0.4) is 0 Å². The fourth-order valence-electron chi connectivity index (χ4n) is 4.20. The number of ether oxygens (including phenoxy) is 2. The van der Waals surface area contributed by atoms with Crippen molar-refractivity contribution in [1.82, 2.24) is 14.7 Å².